The lowest BCUT2D eigenvalue weighted by atomic mass is 10.1. The molecule has 0 spiro atoms. The zero-order chi connectivity index (χ0) is 24.7. The largest absolute Gasteiger partial charge is 0.495 e. The Bertz CT molecular complexity index is 1100. The van der Waals surface area contributed by atoms with Crippen LogP contribution in [0.2, 0.25) is 0 Å². The van der Waals surface area contributed by atoms with Gasteiger partial charge in [-0.15, -0.1) is 0 Å². The van der Waals surface area contributed by atoms with Crippen LogP contribution in [0.25, 0.3) is 0 Å². The number of rotatable bonds is 9. The molecule has 0 saturated carbocycles. The van der Waals surface area contributed by atoms with Crippen LogP contribution in [0.5, 0.6) is 17.2 Å². The van der Waals surface area contributed by atoms with Crippen molar-refractivity contribution < 1.29 is 38.3 Å². The molecular weight excluding hydrogens is 448 g/mol. The lowest BCUT2D eigenvalue weighted by Crippen LogP contribution is -2.30. The molecule has 3 rings (SSSR count). The number of carbonyl (C=O) groups is 3. The van der Waals surface area contributed by atoms with Crippen LogP contribution in [-0.2, 0) is 14.3 Å². The van der Waals surface area contributed by atoms with Crippen LogP contribution in [0, 0.1) is 10.1 Å². The summed E-state index contributed by atoms with van der Waals surface area (Å²) >= 11 is 0. The van der Waals surface area contributed by atoms with Crippen LogP contribution in [0.4, 0.5) is 11.4 Å². The molecule has 1 amide bonds. The molecule has 2 aromatic carbocycles. The molecule has 1 heterocycles. The highest BCUT2D eigenvalue weighted by Crippen LogP contribution is 2.31. The number of nitrogens with one attached hydrogen (secondary N) is 1. The molecular formula is C23H24N2O9. The molecule has 34 heavy (non-hydrogen) atoms. The van der Waals surface area contributed by atoms with E-state index >= 15 is 0 Å². The van der Waals surface area contributed by atoms with E-state index in [9.17, 15) is 24.5 Å². The van der Waals surface area contributed by atoms with E-state index in [4.69, 9.17) is 18.9 Å². The zero-order valence-corrected chi connectivity index (χ0v) is 18.7. The van der Waals surface area contributed by atoms with Crippen molar-refractivity contribution in [3.8, 4) is 17.2 Å². The Labute approximate surface area is 195 Å². The van der Waals surface area contributed by atoms with Gasteiger partial charge in [-0.1, -0.05) is 0 Å². The molecule has 1 N–H and O–H groups in total. The molecule has 0 bridgehead atoms. The number of hydrogen-bond acceptors (Lipinski definition) is 9. The molecule has 0 radical (unpaired) electrons. The van der Waals surface area contributed by atoms with Gasteiger partial charge in [-0.2, -0.15) is 0 Å². The first-order chi connectivity index (χ1) is 16.3. The summed E-state index contributed by atoms with van der Waals surface area (Å²) in [6.45, 7) is 2.37. The smallest absolute Gasteiger partial charge is 0.307 e. The number of non-ortho nitro benzene ring substituents is 1. The summed E-state index contributed by atoms with van der Waals surface area (Å²) in [5.41, 5.74) is 0.198. The van der Waals surface area contributed by atoms with Crippen molar-refractivity contribution in [1.82, 2.24) is 0 Å². The van der Waals surface area contributed by atoms with E-state index in [1.807, 2.05) is 0 Å². The van der Waals surface area contributed by atoms with Crippen LogP contribution in [0.3, 0.4) is 0 Å². The monoisotopic (exact) mass is 472 g/mol. The maximum atomic E-state index is 12.5. The standard InChI is InChI=1S/C23H24N2O9/c1-14(23(28)24-17-13-16(25(29)30)5-8-19(17)31-2)34-22(27)9-6-18(26)15-4-7-20-21(12-15)33-11-3-10-32-20/h4-5,7-8,12-14H,3,6,9-11H2,1-2H3,(H,24,28). The lowest BCUT2D eigenvalue weighted by molar-refractivity contribution is -0.384. The molecule has 1 atom stereocenters. The van der Waals surface area contributed by atoms with Crippen molar-refractivity contribution in [2.24, 2.45) is 0 Å². The predicted octanol–water partition coefficient (Wildman–Crippen LogP) is 3.30. The summed E-state index contributed by atoms with van der Waals surface area (Å²) in [5.74, 6) is -0.483. The average molecular weight is 472 g/mol. The first-order valence-corrected chi connectivity index (χ1v) is 10.5. The third kappa shape index (κ3) is 6.21. The Morgan fingerprint density at radius 1 is 1.09 bits per heavy atom. The van der Waals surface area contributed by atoms with E-state index < -0.39 is 22.9 Å². The first kappa shape index (κ1) is 24.5. The number of ketones is 1. The number of amides is 1. The van der Waals surface area contributed by atoms with Gasteiger partial charge < -0.3 is 24.3 Å². The van der Waals surface area contributed by atoms with Gasteiger partial charge in [0.2, 0.25) is 0 Å². The van der Waals surface area contributed by atoms with Gasteiger partial charge >= 0.3 is 5.97 Å². The lowest BCUT2D eigenvalue weighted by Gasteiger charge is -2.15. The molecule has 1 unspecified atom stereocenters. The van der Waals surface area contributed by atoms with Gasteiger partial charge in [0.05, 0.1) is 37.4 Å². The fraction of sp³-hybridized carbons (Fsp3) is 0.348. The third-order valence-corrected chi connectivity index (χ3v) is 4.95. The van der Waals surface area contributed by atoms with E-state index in [2.05, 4.69) is 5.32 Å². The zero-order valence-electron chi connectivity index (χ0n) is 18.7. The number of ether oxygens (including phenoxy) is 4. The number of Topliss-reactive ketones (excluding diaryl/α,β-unsaturated/α-hetero) is 1. The van der Waals surface area contributed by atoms with Gasteiger partial charge in [0.1, 0.15) is 5.75 Å². The highest BCUT2D eigenvalue weighted by atomic mass is 16.6. The minimum absolute atomic E-state index is 0.0641. The summed E-state index contributed by atoms with van der Waals surface area (Å²) < 4.78 is 21.3. The van der Waals surface area contributed by atoms with E-state index in [0.717, 1.165) is 12.5 Å². The number of esters is 1. The third-order valence-electron chi connectivity index (χ3n) is 4.95. The normalized spacial score (nSPS) is 13.2. The Morgan fingerprint density at radius 2 is 1.82 bits per heavy atom. The maximum Gasteiger partial charge on any atom is 0.307 e. The SMILES string of the molecule is COc1ccc([N+](=O)[O-])cc1NC(=O)C(C)OC(=O)CCC(=O)c1ccc2c(c1)OCCCO2. The second kappa shape index (κ2) is 11.1. The second-order valence-corrected chi connectivity index (χ2v) is 7.40. The minimum atomic E-state index is -1.20. The van der Waals surface area contributed by atoms with E-state index in [1.54, 1.807) is 18.2 Å². The number of nitro benzene ring substituents is 1. The van der Waals surface area contributed by atoms with Gasteiger partial charge in [0, 0.05) is 30.5 Å². The fourth-order valence-electron chi connectivity index (χ4n) is 3.15. The number of carbonyl (C=O) groups excluding carboxylic acids is 3. The second-order valence-electron chi connectivity index (χ2n) is 7.40. The van der Waals surface area contributed by atoms with Crippen LogP contribution in [0.1, 0.15) is 36.5 Å². The van der Waals surface area contributed by atoms with Crippen LogP contribution in [0.15, 0.2) is 36.4 Å². The Morgan fingerprint density at radius 3 is 2.53 bits per heavy atom. The number of methoxy groups -OCH3 is 1. The summed E-state index contributed by atoms with van der Waals surface area (Å²) in [5, 5.41) is 13.4. The van der Waals surface area contributed by atoms with Crippen LogP contribution >= 0.6 is 0 Å². The number of benzene rings is 2. The summed E-state index contributed by atoms with van der Waals surface area (Å²) in [4.78, 5) is 47.4. The van der Waals surface area contributed by atoms with Crippen molar-refractivity contribution in [3.63, 3.8) is 0 Å². The van der Waals surface area contributed by atoms with Gasteiger partial charge in [0.25, 0.3) is 11.6 Å². The highest BCUT2D eigenvalue weighted by molar-refractivity contribution is 5.99. The van der Waals surface area contributed by atoms with Crippen molar-refractivity contribution in [3.05, 3.63) is 52.1 Å². The number of nitrogens with zero attached hydrogens (tertiary/aromatic N) is 1. The molecule has 11 heteroatoms. The van der Waals surface area contributed by atoms with Crippen molar-refractivity contribution in [1.29, 1.82) is 0 Å². The highest BCUT2D eigenvalue weighted by Gasteiger charge is 2.22. The number of hydrogen-bond donors (Lipinski definition) is 1. The molecule has 2 aromatic rings. The molecule has 1 aliphatic heterocycles. The molecule has 11 nitrogen and oxygen atoms in total. The van der Waals surface area contributed by atoms with Crippen molar-refractivity contribution >= 4 is 29.0 Å². The minimum Gasteiger partial charge on any atom is -0.495 e. The van der Waals surface area contributed by atoms with E-state index in [1.165, 1.54) is 26.2 Å². The molecule has 180 valence electrons. The maximum absolute atomic E-state index is 12.5. The van der Waals surface area contributed by atoms with Crippen molar-refractivity contribution in [2.75, 3.05) is 25.6 Å². The fourth-order valence-corrected chi connectivity index (χ4v) is 3.15. The van der Waals surface area contributed by atoms with Gasteiger partial charge in [-0.05, 0) is 31.2 Å². The topological polar surface area (TPSA) is 143 Å². The van der Waals surface area contributed by atoms with Crippen LogP contribution in [-0.4, -0.2) is 49.0 Å². The Kier molecular flexibility index (Phi) is 8.01. The van der Waals surface area contributed by atoms with Crippen molar-refractivity contribution in [2.45, 2.75) is 32.3 Å². The molecule has 0 aliphatic carbocycles. The summed E-state index contributed by atoms with van der Waals surface area (Å²) in [6.07, 6.45) is -0.815. The van der Waals surface area contributed by atoms with Gasteiger partial charge in [-0.25, -0.2) is 0 Å². The molecule has 0 fully saturated rings. The predicted molar refractivity (Wildman–Crippen MR) is 119 cm³/mol. The Balaban J connectivity index is 1.53. The van der Waals surface area contributed by atoms with E-state index in [0.29, 0.717) is 30.3 Å². The summed E-state index contributed by atoms with van der Waals surface area (Å²) in [7, 11) is 1.35. The van der Waals surface area contributed by atoms with Gasteiger partial charge in [0.15, 0.2) is 23.4 Å². The summed E-state index contributed by atoms with van der Waals surface area (Å²) in [6, 6.07) is 8.55. The molecule has 0 saturated heterocycles. The number of anilines is 1. The number of fused-ring (bicyclic) bond motifs is 1. The molecule has 1 aliphatic rings. The Hall–Kier alpha value is -4.15. The van der Waals surface area contributed by atoms with Gasteiger partial charge in [-0.3, -0.25) is 24.5 Å². The van der Waals surface area contributed by atoms with Crippen LogP contribution < -0.4 is 19.5 Å². The number of nitro groups is 1. The quantitative estimate of drug-likeness (QED) is 0.252. The average Bonchev–Trinajstić information content (AvgIpc) is 3.07. The first-order valence-electron chi connectivity index (χ1n) is 10.5. The molecule has 0 aromatic heterocycles. The van der Waals surface area contributed by atoms with E-state index in [-0.39, 0.29) is 35.7 Å².